The van der Waals surface area contributed by atoms with Gasteiger partial charge in [0.1, 0.15) is 17.3 Å². The molecule has 3 aromatic rings. The van der Waals surface area contributed by atoms with E-state index in [9.17, 15) is 4.79 Å². The Morgan fingerprint density at radius 3 is 2.50 bits per heavy atom. The molecule has 1 saturated carbocycles. The fourth-order valence-electron chi connectivity index (χ4n) is 4.41. The molecule has 0 aliphatic heterocycles. The Balaban J connectivity index is 1.62. The lowest BCUT2D eigenvalue weighted by Crippen LogP contribution is -2.41. The molecule has 168 valence electrons. The van der Waals surface area contributed by atoms with Crippen LogP contribution in [-0.4, -0.2) is 35.5 Å². The Morgan fingerprint density at radius 1 is 1.12 bits per heavy atom. The highest BCUT2D eigenvalue weighted by atomic mass is 16.5. The number of ether oxygens (including phenoxy) is 1. The van der Waals surface area contributed by atoms with Crippen LogP contribution in [0.5, 0.6) is 5.75 Å². The van der Waals surface area contributed by atoms with E-state index >= 15 is 0 Å². The first-order valence-electron chi connectivity index (χ1n) is 11.1. The number of hydrogen-bond acceptors (Lipinski definition) is 4. The molecule has 2 aromatic carbocycles. The minimum atomic E-state index is -0.0687. The molecular weight excluding hydrogens is 402 g/mol. The van der Waals surface area contributed by atoms with E-state index in [0.29, 0.717) is 17.8 Å². The lowest BCUT2D eigenvalue weighted by molar-refractivity contribution is 0.0917. The van der Waals surface area contributed by atoms with Gasteiger partial charge >= 0.3 is 0 Å². The van der Waals surface area contributed by atoms with E-state index < -0.39 is 0 Å². The molecular formula is C25H31N5O2. The molecule has 32 heavy (non-hydrogen) atoms. The second-order valence-corrected chi connectivity index (χ2v) is 8.55. The van der Waals surface area contributed by atoms with E-state index in [1.54, 1.807) is 7.11 Å². The van der Waals surface area contributed by atoms with Gasteiger partial charge in [-0.25, -0.2) is 0 Å². The van der Waals surface area contributed by atoms with Crippen LogP contribution in [0, 0.1) is 5.41 Å². The summed E-state index contributed by atoms with van der Waals surface area (Å²) in [4.78, 5) is 13.3. The number of amides is 1. The first-order valence-corrected chi connectivity index (χ1v) is 11.1. The largest absolute Gasteiger partial charge is 0.497 e. The lowest BCUT2D eigenvalue weighted by atomic mass is 9.92. The predicted octanol–water partition coefficient (Wildman–Crippen LogP) is 3.18. The highest BCUT2D eigenvalue weighted by Gasteiger charge is 2.23. The van der Waals surface area contributed by atoms with Crippen LogP contribution in [-0.2, 0) is 13.0 Å². The summed E-state index contributed by atoms with van der Waals surface area (Å²) < 4.78 is 7.28. The summed E-state index contributed by atoms with van der Waals surface area (Å²) in [5.74, 6) is 0.763. The molecule has 0 radical (unpaired) electrons. The number of benzene rings is 2. The number of rotatable bonds is 7. The Bertz CT molecular complexity index is 1110. The van der Waals surface area contributed by atoms with Crippen LogP contribution in [0.4, 0.5) is 0 Å². The molecule has 0 atom stereocenters. The highest BCUT2D eigenvalue weighted by Crippen LogP contribution is 2.24. The Labute approximate surface area is 188 Å². The zero-order valence-corrected chi connectivity index (χ0v) is 18.4. The van der Waals surface area contributed by atoms with Crippen LogP contribution in [0.2, 0.25) is 0 Å². The number of fused-ring (bicyclic) bond motifs is 1. The summed E-state index contributed by atoms with van der Waals surface area (Å²) in [6.07, 6.45) is 4.46. The molecule has 1 aliphatic carbocycles. The molecule has 1 heterocycles. The van der Waals surface area contributed by atoms with Crippen molar-refractivity contribution in [1.82, 2.24) is 9.88 Å². The number of methoxy groups -OCH3 is 1. The second-order valence-electron chi connectivity index (χ2n) is 8.55. The number of aromatic nitrogens is 1. The van der Waals surface area contributed by atoms with Crippen molar-refractivity contribution in [3.05, 3.63) is 65.4 Å². The van der Waals surface area contributed by atoms with Crippen molar-refractivity contribution in [3.8, 4) is 5.75 Å². The van der Waals surface area contributed by atoms with Crippen LogP contribution in [0.3, 0.4) is 0 Å². The first kappa shape index (κ1) is 21.9. The van der Waals surface area contributed by atoms with E-state index in [4.69, 9.17) is 21.6 Å². The van der Waals surface area contributed by atoms with E-state index in [1.165, 1.54) is 0 Å². The molecule has 0 saturated heterocycles. The van der Waals surface area contributed by atoms with E-state index in [0.717, 1.165) is 54.3 Å². The van der Waals surface area contributed by atoms with Gasteiger partial charge in [0.25, 0.3) is 5.91 Å². The van der Waals surface area contributed by atoms with Crippen molar-refractivity contribution < 1.29 is 9.53 Å². The maximum Gasteiger partial charge on any atom is 0.268 e. The fourth-order valence-corrected chi connectivity index (χ4v) is 4.41. The van der Waals surface area contributed by atoms with Gasteiger partial charge in [0.2, 0.25) is 0 Å². The van der Waals surface area contributed by atoms with Gasteiger partial charge in [-0.05, 0) is 61.9 Å². The molecule has 7 nitrogen and oxygen atoms in total. The van der Waals surface area contributed by atoms with Gasteiger partial charge in [-0.3, -0.25) is 10.2 Å². The van der Waals surface area contributed by atoms with Gasteiger partial charge in [-0.15, -0.1) is 0 Å². The SMILES string of the molecule is COc1ccc(CCn2c(C(=O)NC3CCC(N)CC3)cc3ccc(C(=N)N)cc32)cc1. The van der Waals surface area contributed by atoms with Crippen molar-refractivity contribution in [2.24, 2.45) is 11.5 Å². The lowest BCUT2D eigenvalue weighted by Gasteiger charge is -2.27. The normalized spacial score (nSPS) is 18.4. The van der Waals surface area contributed by atoms with Crippen molar-refractivity contribution in [2.75, 3.05) is 7.11 Å². The summed E-state index contributed by atoms with van der Waals surface area (Å²) in [5.41, 5.74) is 15.1. The van der Waals surface area contributed by atoms with Crippen LogP contribution >= 0.6 is 0 Å². The number of carbonyl (C=O) groups excluding carboxylic acids is 1. The zero-order chi connectivity index (χ0) is 22.7. The minimum absolute atomic E-state index is 0.0133. The number of amidine groups is 1. The third-order valence-corrected chi connectivity index (χ3v) is 6.34. The third-order valence-electron chi connectivity index (χ3n) is 6.34. The Morgan fingerprint density at radius 2 is 1.84 bits per heavy atom. The van der Waals surface area contributed by atoms with Gasteiger partial charge in [0.15, 0.2) is 0 Å². The van der Waals surface area contributed by atoms with Crippen LogP contribution in [0.1, 0.15) is 47.3 Å². The average Bonchev–Trinajstić information content (AvgIpc) is 3.17. The van der Waals surface area contributed by atoms with Crippen LogP contribution < -0.4 is 21.5 Å². The topological polar surface area (TPSA) is 119 Å². The minimum Gasteiger partial charge on any atom is -0.497 e. The third kappa shape index (κ3) is 4.78. The molecule has 1 aromatic heterocycles. The van der Waals surface area contributed by atoms with E-state index in [-0.39, 0.29) is 23.8 Å². The molecule has 1 fully saturated rings. The average molecular weight is 434 g/mol. The summed E-state index contributed by atoms with van der Waals surface area (Å²) in [6, 6.07) is 15.9. The highest BCUT2D eigenvalue weighted by molar-refractivity contribution is 6.02. The Hall–Kier alpha value is -3.32. The fraction of sp³-hybridized carbons (Fsp3) is 0.360. The standard InChI is InChI=1S/C25H31N5O2/c1-32-21-10-2-16(3-11-21)12-13-30-22-15-18(24(27)28)5-4-17(22)14-23(30)25(31)29-20-8-6-19(26)7-9-20/h2-5,10-11,14-15,19-20H,6-9,12-13,26H2,1H3,(H3,27,28)(H,29,31). The van der Waals surface area contributed by atoms with Gasteiger partial charge in [0, 0.05) is 35.1 Å². The van der Waals surface area contributed by atoms with E-state index in [2.05, 4.69) is 5.32 Å². The number of nitrogens with two attached hydrogens (primary N) is 2. The number of hydrogen-bond donors (Lipinski definition) is 4. The molecule has 0 bridgehead atoms. The number of carbonyl (C=O) groups is 1. The summed E-state index contributed by atoms with van der Waals surface area (Å²) in [7, 11) is 1.65. The van der Waals surface area contributed by atoms with Crippen molar-refractivity contribution in [3.63, 3.8) is 0 Å². The number of nitrogen functional groups attached to an aromatic ring is 1. The van der Waals surface area contributed by atoms with Crippen LogP contribution in [0.25, 0.3) is 10.9 Å². The smallest absolute Gasteiger partial charge is 0.268 e. The molecule has 4 rings (SSSR count). The molecule has 0 unspecified atom stereocenters. The maximum atomic E-state index is 13.3. The van der Waals surface area contributed by atoms with Gasteiger partial charge in [0.05, 0.1) is 7.11 Å². The number of nitrogens with one attached hydrogen (secondary N) is 2. The molecule has 7 heteroatoms. The van der Waals surface area contributed by atoms with Crippen molar-refractivity contribution in [2.45, 2.75) is 50.7 Å². The summed E-state index contributed by atoms with van der Waals surface area (Å²) in [5, 5.41) is 12.0. The monoisotopic (exact) mass is 433 g/mol. The van der Waals surface area contributed by atoms with E-state index in [1.807, 2.05) is 53.1 Å². The van der Waals surface area contributed by atoms with Crippen molar-refractivity contribution >= 4 is 22.6 Å². The zero-order valence-electron chi connectivity index (χ0n) is 18.4. The molecule has 1 aliphatic rings. The first-order chi connectivity index (χ1) is 15.4. The second kappa shape index (κ2) is 9.44. The van der Waals surface area contributed by atoms with Crippen molar-refractivity contribution in [1.29, 1.82) is 5.41 Å². The molecule has 6 N–H and O–H groups in total. The molecule has 0 spiro atoms. The van der Waals surface area contributed by atoms with Gasteiger partial charge < -0.3 is 26.1 Å². The van der Waals surface area contributed by atoms with Gasteiger partial charge in [-0.2, -0.15) is 0 Å². The number of nitrogens with zero attached hydrogens (tertiary/aromatic N) is 1. The van der Waals surface area contributed by atoms with Crippen LogP contribution in [0.15, 0.2) is 48.5 Å². The summed E-state index contributed by atoms with van der Waals surface area (Å²) in [6.45, 7) is 0.634. The number of aryl methyl sites for hydroxylation is 2. The summed E-state index contributed by atoms with van der Waals surface area (Å²) >= 11 is 0. The van der Waals surface area contributed by atoms with Gasteiger partial charge in [-0.1, -0.05) is 24.3 Å². The quantitative estimate of drug-likeness (QED) is 0.338. The predicted molar refractivity (Wildman–Crippen MR) is 127 cm³/mol. The molecule has 1 amide bonds. The maximum absolute atomic E-state index is 13.3. The Kier molecular flexibility index (Phi) is 6.46.